The summed E-state index contributed by atoms with van der Waals surface area (Å²) in [5, 5.41) is 2.86. The molecule has 1 amide bonds. The smallest absolute Gasteiger partial charge is 0.227 e. The van der Waals surface area contributed by atoms with E-state index >= 15 is 0 Å². The van der Waals surface area contributed by atoms with Crippen LogP contribution in [0.5, 0.6) is 23.0 Å². The number of carbonyl (C=O) groups excluding carboxylic acids is 1. The van der Waals surface area contributed by atoms with Gasteiger partial charge in [-0.05, 0) is 25.6 Å². The van der Waals surface area contributed by atoms with Crippen molar-refractivity contribution >= 4 is 17.5 Å². The van der Waals surface area contributed by atoms with Gasteiger partial charge in [-0.25, -0.2) is 23.1 Å². The monoisotopic (exact) mass is 575 g/mol. The number of aromatic nitrogens is 2. The fourth-order valence-corrected chi connectivity index (χ4v) is 4.12. The van der Waals surface area contributed by atoms with E-state index in [1.807, 2.05) is 11.9 Å². The van der Waals surface area contributed by atoms with Crippen LogP contribution in [0.1, 0.15) is 18.4 Å². The molecule has 220 valence electrons. The van der Waals surface area contributed by atoms with Gasteiger partial charge in [0.15, 0.2) is 40.4 Å². The Kier molecular flexibility index (Phi) is 10.1. The summed E-state index contributed by atoms with van der Waals surface area (Å²) in [6, 6.07) is 5.42. The van der Waals surface area contributed by atoms with E-state index < -0.39 is 24.1 Å². The maximum atomic E-state index is 14.6. The van der Waals surface area contributed by atoms with Crippen LogP contribution in [0, 0.1) is 17.5 Å². The number of likely N-dealkylation sites (N-methyl/N-ethyl adjacent to an activating group) is 1. The van der Waals surface area contributed by atoms with Gasteiger partial charge in [0.05, 0.1) is 38.8 Å². The van der Waals surface area contributed by atoms with E-state index in [1.165, 1.54) is 38.7 Å². The summed E-state index contributed by atoms with van der Waals surface area (Å²) < 4.78 is 64.4. The lowest BCUT2D eigenvalue weighted by molar-refractivity contribution is -0.133. The van der Waals surface area contributed by atoms with Crippen molar-refractivity contribution in [3.8, 4) is 23.0 Å². The van der Waals surface area contributed by atoms with Gasteiger partial charge in [0.25, 0.3) is 0 Å². The van der Waals surface area contributed by atoms with Crippen molar-refractivity contribution in [2.45, 2.75) is 19.4 Å². The predicted octanol–water partition coefficient (Wildman–Crippen LogP) is 4.17. The van der Waals surface area contributed by atoms with Crippen LogP contribution in [-0.4, -0.2) is 79.7 Å². The molecule has 41 heavy (non-hydrogen) atoms. The summed E-state index contributed by atoms with van der Waals surface area (Å²) in [4.78, 5) is 24.5. The lowest BCUT2D eigenvalue weighted by Gasteiger charge is -2.32. The van der Waals surface area contributed by atoms with Gasteiger partial charge >= 0.3 is 0 Å². The predicted molar refractivity (Wildman–Crippen MR) is 144 cm³/mol. The number of benzene rings is 2. The second-order valence-corrected chi connectivity index (χ2v) is 9.32. The molecule has 1 aliphatic rings. The Morgan fingerprint density at radius 3 is 2.20 bits per heavy atom. The number of anilines is 2. The van der Waals surface area contributed by atoms with Crippen LogP contribution in [-0.2, 0) is 11.4 Å². The van der Waals surface area contributed by atoms with E-state index in [-0.39, 0.29) is 47.0 Å². The van der Waals surface area contributed by atoms with Crippen LogP contribution in [0.3, 0.4) is 0 Å². The molecule has 0 aliphatic carbocycles. The van der Waals surface area contributed by atoms with Crippen molar-refractivity contribution < 1.29 is 36.9 Å². The van der Waals surface area contributed by atoms with Crippen molar-refractivity contribution in [3.63, 3.8) is 0 Å². The summed E-state index contributed by atoms with van der Waals surface area (Å²) in [5.41, 5.74) is 0.00389. The van der Waals surface area contributed by atoms with Gasteiger partial charge in [-0.15, -0.1) is 0 Å². The molecule has 1 aliphatic heterocycles. The minimum absolute atomic E-state index is 0.0703. The molecule has 1 saturated heterocycles. The van der Waals surface area contributed by atoms with Gasteiger partial charge in [0.1, 0.15) is 6.61 Å². The van der Waals surface area contributed by atoms with Gasteiger partial charge in [-0.2, -0.15) is 0 Å². The summed E-state index contributed by atoms with van der Waals surface area (Å²) in [5.74, 6) is -2.31. The van der Waals surface area contributed by atoms with Gasteiger partial charge in [-0.1, -0.05) is 0 Å². The number of halogens is 3. The highest BCUT2D eigenvalue weighted by atomic mass is 19.1. The van der Waals surface area contributed by atoms with Crippen LogP contribution in [0.15, 0.2) is 36.7 Å². The Labute approximate surface area is 236 Å². The number of hydrogen-bond acceptors (Lipinski definition) is 9. The van der Waals surface area contributed by atoms with Crippen molar-refractivity contribution in [1.82, 2.24) is 19.8 Å². The molecule has 0 bridgehead atoms. The summed E-state index contributed by atoms with van der Waals surface area (Å²) >= 11 is 0. The molecule has 1 fully saturated rings. The highest BCUT2D eigenvalue weighted by Crippen LogP contribution is 2.32. The highest BCUT2D eigenvalue weighted by molar-refractivity contribution is 5.76. The molecular formula is C28H32F3N5O5. The number of hydrogen-bond donors (Lipinski definition) is 1. The maximum Gasteiger partial charge on any atom is 0.227 e. The maximum absolute atomic E-state index is 14.6. The number of methoxy groups -OCH3 is 2. The van der Waals surface area contributed by atoms with Gasteiger partial charge in [-0.3, -0.25) is 4.79 Å². The largest absolute Gasteiger partial charge is 0.494 e. The average Bonchev–Trinajstić information content (AvgIpc) is 2.97. The number of carbonyl (C=O) groups is 1. The molecule has 4 rings (SSSR count). The Balaban J connectivity index is 1.26. The molecule has 0 saturated carbocycles. The zero-order chi connectivity index (χ0) is 29.4. The van der Waals surface area contributed by atoms with Crippen molar-refractivity contribution in [2.24, 2.45) is 0 Å². The first-order valence-electron chi connectivity index (χ1n) is 13.0. The lowest BCUT2D eigenvalue weighted by Crippen LogP contribution is -2.47. The topological polar surface area (TPSA) is 98.3 Å². The molecule has 0 spiro atoms. The molecule has 3 aromatic rings. The van der Waals surface area contributed by atoms with Crippen LogP contribution in [0.25, 0.3) is 0 Å². The molecule has 1 N–H and O–H groups in total. The fourth-order valence-electron chi connectivity index (χ4n) is 4.12. The molecular weight excluding hydrogens is 543 g/mol. The number of rotatable bonds is 12. The number of piperazine rings is 1. The third-order valence-electron chi connectivity index (χ3n) is 6.51. The Bertz CT molecular complexity index is 1310. The molecule has 2 heterocycles. The molecule has 0 atom stereocenters. The zero-order valence-corrected chi connectivity index (χ0v) is 23.1. The number of ether oxygens (including phenoxy) is 4. The molecule has 2 aromatic carbocycles. The third-order valence-corrected chi connectivity index (χ3v) is 6.51. The van der Waals surface area contributed by atoms with Crippen LogP contribution in [0.4, 0.5) is 24.8 Å². The Morgan fingerprint density at radius 1 is 0.927 bits per heavy atom. The molecule has 10 nitrogen and oxygen atoms in total. The van der Waals surface area contributed by atoms with Crippen LogP contribution in [0.2, 0.25) is 0 Å². The minimum Gasteiger partial charge on any atom is -0.494 e. The van der Waals surface area contributed by atoms with Gasteiger partial charge in [0, 0.05) is 50.4 Å². The quantitative estimate of drug-likeness (QED) is 0.319. The summed E-state index contributed by atoms with van der Waals surface area (Å²) in [6.07, 6.45) is 3.44. The zero-order valence-electron chi connectivity index (χ0n) is 23.1. The van der Waals surface area contributed by atoms with Gasteiger partial charge < -0.3 is 34.1 Å². The Hall–Kier alpha value is -4.26. The normalized spacial score (nSPS) is 13.6. The van der Waals surface area contributed by atoms with Crippen molar-refractivity contribution in [3.05, 3.63) is 59.7 Å². The van der Waals surface area contributed by atoms with E-state index in [0.717, 1.165) is 32.2 Å². The van der Waals surface area contributed by atoms with E-state index in [1.54, 1.807) is 6.07 Å². The molecule has 1 aromatic heterocycles. The first-order valence-corrected chi connectivity index (χ1v) is 13.0. The van der Waals surface area contributed by atoms with E-state index in [4.69, 9.17) is 18.9 Å². The highest BCUT2D eigenvalue weighted by Gasteiger charge is 2.21. The summed E-state index contributed by atoms with van der Waals surface area (Å²) in [6.45, 7) is 2.91. The van der Waals surface area contributed by atoms with E-state index in [0.29, 0.717) is 18.5 Å². The fraction of sp³-hybridized carbons (Fsp3) is 0.393. The van der Waals surface area contributed by atoms with E-state index in [2.05, 4.69) is 20.2 Å². The first kappa shape index (κ1) is 29.7. The summed E-state index contributed by atoms with van der Waals surface area (Å²) in [7, 11) is 4.54. The third kappa shape index (κ3) is 7.69. The molecule has 0 unspecified atom stereocenters. The second-order valence-electron chi connectivity index (χ2n) is 9.32. The van der Waals surface area contributed by atoms with Crippen molar-refractivity contribution in [1.29, 1.82) is 0 Å². The second kappa shape index (κ2) is 13.9. The molecule has 0 radical (unpaired) electrons. The standard InChI is InChI=1S/C28H32F3N5O5/c1-35-8-10-36(11-9-35)25(37)5-4-12-40-22-7-6-18(13-21(22)29)34-28-32-15-19(16-33-28)41-17-20-26(30)23(38-2)14-24(39-3)27(20)31/h6-7,13-16H,4-5,8-12,17H2,1-3H3,(H,32,33,34). The minimum atomic E-state index is -0.904. The van der Waals surface area contributed by atoms with Crippen LogP contribution < -0.4 is 24.3 Å². The Morgan fingerprint density at radius 2 is 1.59 bits per heavy atom. The van der Waals surface area contributed by atoms with Crippen molar-refractivity contribution in [2.75, 3.05) is 59.4 Å². The number of amides is 1. The number of nitrogens with one attached hydrogen (secondary N) is 1. The average molecular weight is 576 g/mol. The SMILES string of the molecule is COc1cc(OC)c(F)c(COc2cnc(Nc3ccc(OCCCC(=O)N4CCN(C)CC4)c(F)c3)nc2)c1F. The lowest BCUT2D eigenvalue weighted by atomic mass is 10.1. The van der Waals surface area contributed by atoms with E-state index in [9.17, 15) is 18.0 Å². The first-order chi connectivity index (χ1) is 19.8. The van der Waals surface area contributed by atoms with Crippen LogP contribution >= 0.6 is 0 Å². The van der Waals surface area contributed by atoms with Gasteiger partial charge in [0.2, 0.25) is 11.9 Å². The number of nitrogens with zero attached hydrogens (tertiary/aromatic N) is 4. The molecule has 13 heteroatoms.